The summed E-state index contributed by atoms with van der Waals surface area (Å²) in [5.41, 5.74) is 9.34. The van der Waals surface area contributed by atoms with Crippen LogP contribution in [0.5, 0.6) is 5.75 Å². The first-order chi connectivity index (χ1) is 38.6. The topological polar surface area (TPSA) is 296 Å². The van der Waals surface area contributed by atoms with E-state index in [9.17, 15) is 40.4 Å². The summed E-state index contributed by atoms with van der Waals surface area (Å²) in [6.07, 6.45) is 3.91. The first kappa shape index (κ1) is 66.8. The number of esters is 1. The number of carbonyl (C=O) groups excluding carboxylic acids is 3. The van der Waals surface area contributed by atoms with Gasteiger partial charge >= 0.3 is 16.1 Å². The van der Waals surface area contributed by atoms with Crippen LogP contribution in [0, 0.1) is 23.3 Å². The molecule has 29 heteroatoms. The number of nitrogens with two attached hydrogens (primary N) is 1. The molecule has 4 N–H and O–H groups in total. The van der Waals surface area contributed by atoms with Crippen LogP contribution >= 0.6 is 0 Å². The van der Waals surface area contributed by atoms with Crippen molar-refractivity contribution in [3.05, 3.63) is 70.6 Å². The molecule has 3 aromatic rings. The molecule has 80 heavy (non-hydrogen) atoms. The predicted molar refractivity (Wildman–Crippen MR) is 276 cm³/mol. The Labute approximate surface area is 461 Å². The van der Waals surface area contributed by atoms with Gasteiger partial charge in [-0.15, -0.1) is 0 Å². The van der Waals surface area contributed by atoms with Crippen LogP contribution in [0.2, 0.25) is 0 Å². The second kappa shape index (κ2) is 38.1. The molecule has 0 saturated carbocycles. The maximum Gasteiger partial charge on any atom is 0.313 e. The van der Waals surface area contributed by atoms with Crippen molar-refractivity contribution < 1.29 is 102 Å². The van der Waals surface area contributed by atoms with Crippen molar-refractivity contribution in [2.24, 2.45) is 10.7 Å². The molecule has 0 spiro atoms. The molecule has 0 unspecified atom stereocenters. The summed E-state index contributed by atoms with van der Waals surface area (Å²) in [6, 6.07) is 7.23. The van der Waals surface area contributed by atoms with Gasteiger partial charge in [0.1, 0.15) is 5.84 Å². The van der Waals surface area contributed by atoms with Crippen molar-refractivity contribution in [1.82, 2.24) is 20.3 Å². The molecule has 2 amide bonds. The number of aromatic nitrogens is 2. The molecule has 2 heterocycles. The molecule has 0 radical (unpaired) electrons. The summed E-state index contributed by atoms with van der Waals surface area (Å²) >= 11 is 0. The van der Waals surface area contributed by atoms with Gasteiger partial charge in [0, 0.05) is 42.3 Å². The Morgan fingerprint density at radius 3 is 1.61 bits per heavy atom. The van der Waals surface area contributed by atoms with Crippen molar-refractivity contribution >= 4 is 45.5 Å². The van der Waals surface area contributed by atoms with Crippen molar-refractivity contribution in [3.63, 3.8) is 0 Å². The summed E-state index contributed by atoms with van der Waals surface area (Å²) in [5, 5.41) is 4.22. The largest absolute Gasteiger partial charge is 0.420 e. The lowest BCUT2D eigenvalue weighted by Gasteiger charge is -2.21. The van der Waals surface area contributed by atoms with Crippen LogP contribution in [0.15, 0.2) is 45.9 Å². The lowest BCUT2D eigenvalue weighted by Crippen LogP contribution is -2.34. The molecule has 446 valence electrons. The number of hydroxylamine groups is 2. The molecule has 4 rings (SSSR count). The molecule has 1 aliphatic heterocycles. The van der Waals surface area contributed by atoms with Crippen LogP contribution in [-0.4, -0.2) is 197 Å². The SMILES string of the molecule is CCCN(OCC)C(=O)C1=Cc2ccc(-c3nccc(CNC(=O)CCOCCOCCOCCOCCOCCOCCOCCOCCOCCOCCC(=O)Oc4c(F)c(F)c(S(=O)(=O)O)c(F)c4F)n3)cc2N=C(N)C1. The Morgan fingerprint density at radius 2 is 1.15 bits per heavy atom. The normalized spacial score (nSPS) is 12.4. The number of nitrogens with zero attached hydrogens (tertiary/aromatic N) is 4. The van der Waals surface area contributed by atoms with E-state index >= 15 is 0 Å². The predicted octanol–water partition coefficient (Wildman–Crippen LogP) is 4.08. The van der Waals surface area contributed by atoms with Crippen molar-refractivity contribution in [2.75, 3.05) is 145 Å². The number of carbonyl (C=O) groups is 3. The van der Waals surface area contributed by atoms with E-state index in [1.54, 1.807) is 18.3 Å². The van der Waals surface area contributed by atoms with E-state index in [1.165, 1.54) is 5.06 Å². The van der Waals surface area contributed by atoms with Crippen LogP contribution in [0.4, 0.5) is 23.2 Å². The fourth-order valence-corrected chi connectivity index (χ4v) is 7.43. The molecule has 0 atom stereocenters. The molecular formula is C51H70F4N6O18S. The minimum absolute atomic E-state index is 0.0153. The van der Waals surface area contributed by atoms with Crippen LogP contribution in [0.1, 0.15) is 50.8 Å². The van der Waals surface area contributed by atoms with E-state index in [2.05, 4.69) is 25.0 Å². The van der Waals surface area contributed by atoms with Gasteiger partial charge in [0.15, 0.2) is 22.4 Å². The van der Waals surface area contributed by atoms with Gasteiger partial charge in [-0.1, -0.05) is 19.1 Å². The monoisotopic (exact) mass is 1160 g/mol. The second-order valence-corrected chi connectivity index (χ2v) is 18.0. The number of rotatable bonds is 43. The van der Waals surface area contributed by atoms with Crippen molar-refractivity contribution in [2.45, 2.75) is 51.0 Å². The Kier molecular flexibility index (Phi) is 31.8. The molecule has 0 bridgehead atoms. The summed E-state index contributed by atoms with van der Waals surface area (Å²) < 4.78 is 145. The fourth-order valence-electron chi connectivity index (χ4n) is 6.80. The summed E-state index contributed by atoms with van der Waals surface area (Å²) in [5.74, 6) is -12.4. The number of aliphatic imine (C=N–C) groups is 1. The fraction of sp³-hybridized carbons (Fsp3) is 0.569. The number of nitrogens with one attached hydrogen (secondary N) is 1. The number of halogens is 4. The first-order valence-corrected chi connectivity index (χ1v) is 27.1. The molecule has 0 fully saturated rings. The second-order valence-electron chi connectivity index (χ2n) is 16.7. The van der Waals surface area contributed by atoms with Gasteiger partial charge < -0.3 is 63.2 Å². The quantitative estimate of drug-likeness (QED) is 0.0137. The molecule has 2 aromatic carbocycles. The molecular weight excluding hydrogens is 1090 g/mol. The maximum atomic E-state index is 14.0. The van der Waals surface area contributed by atoms with E-state index in [0.717, 1.165) is 12.0 Å². The van der Waals surface area contributed by atoms with E-state index in [4.69, 9.17) is 62.5 Å². The van der Waals surface area contributed by atoms with Crippen molar-refractivity contribution in [1.29, 1.82) is 0 Å². The van der Waals surface area contributed by atoms with Gasteiger partial charge in [-0.05, 0) is 31.6 Å². The Hall–Kier alpha value is -5.67. The van der Waals surface area contributed by atoms with Gasteiger partial charge in [0.2, 0.25) is 23.3 Å². The van der Waals surface area contributed by atoms with Gasteiger partial charge in [0.25, 0.3) is 5.91 Å². The summed E-state index contributed by atoms with van der Waals surface area (Å²) in [7, 11) is -5.65. The van der Waals surface area contributed by atoms with Gasteiger partial charge in [-0.2, -0.15) is 17.2 Å². The Balaban J connectivity index is 0.868. The third-order valence-corrected chi connectivity index (χ3v) is 11.4. The number of hydrogen-bond acceptors (Lipinski definition) is 21. The zero-order valence-electron chi connectivity index (χ0n) is 44.7. The number of ether oxygens (including phenoxy) is 11. The average molecular weight is 1160 g/mol. The van der Waals surface area contributed by atoms with E-state index in [1.807, 2.05) is 32.0 Å². The highest BCUT2D eigenvalue weighted by Crippen LogP contribution is 2.33. The lowest BCUT2D eigenvalue weighted by molar-refractivity contribution is -0.180. The van der Waals surface area contributed by atoms with Crippen molar-refractivity contribution in [3.8, 4) is 17.1 Å². The van der Waals surface area contributed by atoms with E-state index < -0.39 is 56.4 Å². The standard InChI is InChI=1S/C51H70F4N6O18S/c1-3-11-61(78-4-2)51(64)38-32-36-5-6-37(33-40(36)60-41(56)34-38)50-57-10-7-39(59-50)35-58-42(62)8-12-68-14-16-70-18-20-72-22-24-74-26-28-76-30-31-77-29-27-75-25-23-73-21-19-71-17-15-69-13-9-43(63)79-48-44(52)46(54)49(80(65,66)67)47(55)45(48)53/h5-7,10,32-33H,3-4,8-9,11-31,34-35H2,1-2H3,(H2,56,60)(H,58,62)(H,65,66,67). The highest BCUT2D eigenvalue weighted by Gasteiger charge is 2.34. The van der Waals surface area contributed by atoms with Gasteiger partial charge in [0.05, 0.1) is 163 Å². The Bertz CT molecular complexity index is 2530. The first-order valence-electron chi connectivity index (χ1n) is 25.7. The van der Waals surface area contributed by atoms with Crippen LogP contribution < -0.4 is 15.8 Å². The molecule has 24 nitrogen and oxygen atoms in total. The minimum atomic E-state index is -5.65. The molecule has 1 aromatic heterocycles. The lowest BCUT2D eigenvalue weighted by atomic mass is 10.0. The van der Waals surface area contributed by atoms with Gasteiger partial charge in [-0.3, -0.25) is 23.8 Å². The zero-order chi connectivity index (χ0) is 58.0. The van der Waals surface area contributed by atoms with Crippen LogP contribution in [0.25, 0.3) is 17.5 Å². The summed E-state index contributed by atoms with van der Waals surface area (Å²) in [4.78, 5) is 54.4. The summed E-state index contributed by atoms with van der Waals surface area (Å²) in [6.45, 7) is 10.5. The highest BCUT2D eigenvalue weighted by molar-refractivity contribution is 7.85. The number of hydrogen-bond donors (Lipinski definition) is 3. The van der Waals surface area contributed by atoms with Crippen LogP contribution in [0.3, 0.4) is 0 Å². The number of amidine groups is 1. The Morgan fingerprint density at radius 1 is 0.675 bits per heavy atom. The van der Waals surface area contributed by atoms with E-state index in [0.29, 0.717) is 140 Å². The molecule has 1 aliphatic rings. The number of amides is 2. The smallest absolute Gasteiger partial charge is 0.313 e. The molecule has 0 saturated heterocycles. The van der Waals surface area contributed by atoms with Crippen LogP contribution in [-0.2, 0) is 83.3 Å². The highest BCUT2D eigenvalue weighted by atomic mass is 32.2. The zero-order valence-corrected chi connectivity index (χ0v) is 45.5. The average Bonchev–Trinajstić information content (AvgIpc) is 3.72. The van der Waals surface area contributed by atoms with E-state index in [-0.39, 0.29) is 70.8 Å². The maximum absolute atomic E-state index is 14.0. The minimum Gasteiger partial charge on any atom is -0.420 e. The number of fused-ring (bicyclic) bond motifs is 1. The van der Waals surface area contributed by atoms with Gasteiger partial charge in [-0.25, -0.2) is 28.8 Å². The third-order valence-electron chi connectivity index (χ3n) is 10.6. The molecule has 0 aliphatic carbocycles. The third kappa shape index (κ3) is 25.0. The number of benzene rings is 2.